The molecule has 1 fully saturated rings. The fourth-order valence-corrected chi connectivity index (χ4v) is 5.76. The van der Waals surface area contributed by atoms with Crippen LogP contribution in [0.25, 0.3) is 5.69 Å². The summed E-state index contributed by atoms with van der Waals surface area (Å²) in [5.41, 5.74) is 6.31. The van der Waals surface area contributed by atoms with Crippen LogP contribution in [0.5, 0.6) is 5.75 Å². The number of halogens is 2. The first kappa shape index (κ1) is 24.6. The number of hydrogen-bond acceptors (Lipinski definition) is 3. The maximum absolute atomic E-state index is 6.62. The summed E-state index contributed by atoms with van der Waals surface area (Å²) in [6, 6.07) is 21.7. The highest BCUT2D eigenvalue weighted by Crippen LogP contribution is 2.42. The number of hydrogen-bond donors (Lipinski definition) is 1. The minimum absolute atomic E-state index is 0.0690. The molecule has 0 amide bonds. The summed E-state index contributed by atoms with van der Waals surface area (Å²) < 4.78 is 7.51. The Bertz CT molecular complexity index is 1410. The highest BCUT2D eigenvalue weighted by molar-refractivity contribution is 7.80. The second-order valence-corrected chi connectivity index (χ2v) is 10.1. The molecule has 5 nitrogen and oxygen atoms in total. The zero-order valence-electron chi connectivity index (χ0n) is 20.2. The van der Waals surface area contributed by atoms with Crippen LogP contribution in [0, 0.1) is 13.8 Å². The number of benzene rings is 2. The van der Waals surface area contributed by atoms with Gasteiger partial charge < -0.3 is 19.5 Å². The van der Waals surface area contributed by atoms with Crippen LogP contribution in [0.1, 0.15) is 40.3 Å². The predicted octanol–water partition coefficient (Wildman–Crippen LogP) is 6.98. The largest absolute Gasteiger partial charge is 0.497 e. The number of aryl methyl sites for hydroxylation is 1. The second-order valence-electron chi connectivity index (χ2n) is 8.86. The number of methoxy groups -OCH3 is 1. The zero-order valence-corrected chi connectivity index (χ0v) is 22.5. The van der Waals surface area contributed by atoms with Crippen molar-refractivity contribution in [3.05, 3.63) is 111 Å². The molecular weight excluding hydrogens is 511 g/mol. The van der Waals surface area contributed by atoms with Gasteiger partial charge in [0, 0.05) is 29.2 Å². The summed E-state index contributed by atoms with van der Waals surface area (Å²) in [7, 11) is 1.67. The molecule has 0 spiro atoms. The molecule has 184 valence electrons. The maximum Gasteiger partial charge on any atom is 0.170 e. The van der Waals surface area contributed by atoms with Gasteiger partial charge in [0.25, 0.3) is 0 Å². The van der Waals surface area contributed by atoms with Crippen LogP contribution in [0.2, 0.25) is 10.0 Å². The molecule has 5 rings (SSSR count). The van der Waals surface area contributed by atoms with Crippen LogP contribution in [0.4, 0.5) is 0 Å². The highest BCUT2D eigenvalue weighted by atomic mass is 35.5. The predicted molar refractivity (Wildman–Crippen MR) is 149 cm³/mol. The zero-order chi connectivity index (χ0) is 25.4. The number of ether oxygens (including phenoxy) is 1. The van der Waals surface area contributed by atoms with E-state index in [0.717, 1.165) is 39.6 Å². The third-order valence-electron chi connectivity index (χ3n) is 6.65. The van der Waals surface area contributed by atoms with Gasteiger partial charge in [-0.1, -0.05) is 41.4 Å². The van der Waals surface area contributed by atoms with Gasteiger partial charge in [-0.15, -0.1) is 0 Å². The van der Waals surface area contributed by atoms with Gasteiger partial charge in [-0.2, -0.15) is 0 Å². The molecule has 2 aromatic heterocycles. The van der Waals surface area contributed by atoms with E-state index in [1.807, 2.05) is 48.7 Å². The summed E-state index contributed by atoms with van der Waals surface area (Å²) in [6.07, 6.45) is 1.82. The van der Waals surface area contributed by atoms with Gasteiger partial charge in [0.2, 0.25) is 0 Å². The topological polar surface area (TPSA) is 42.3 Å². The average molecular weight is 538 g/mol. The number of nitrogens with one attached hydrogen (secondary N) is 1. The van der Waals surface area contributed by atoms with E-state index in [1.54, 1.807) is 13.2 Å². The molecule has 2 aromatic carbocycles. The third kappa shape index (κ3) is 4.57. The summed E-state index contributed by atoms with van der Waals surface area (Å²) in [5, 5.41) is 5.45. The van der Waals surface area contributed by atoms with Crippen LogP contribution in [0.3, 0.4) is 0 Å². The Morgan fingerprint density at radius 2 is 1.81 bits per heavy atom. The number of pyridine rings is 1. The Morgan fingerprint density at radius 3 is 2.47 bits per heavy atom. The van der Waals surface area contributed by atoms with Gasteiger partial charge in [-0.3, -0.25) is 4.98 Å². The molecular formula is C28H26Cl2N4OS. The van der Waals surface area contributed by atoms with Gasteiger partial charge in [0.05, 0.1) is 35.6 Å². The Hall–Kier alpha value is -3.06. The summed E-state index contributed by atoms with van der Waals surface area (Å²) >= 11 is 18.7. The van der Waals surface area contributed by atoms with E-state index >= 15 is 0 Å². The number of nitrogens with zero attached hydrogens (tertiary/aromatic N) is 3. The monoisotopic (exact) mass is 536 g/mol. The maximum atomic E-state index is 6.62. The Morgan fingerprint density at radius 1 is 1.03 bits per heavy atom. The van der Waals surface area contributed by atoms with E-state index in [1.165, 1.54) is 0 Å². The molecule has 2 atom stereocenters. The lowest BCUT2D eigenvalue weighted by Gasteiger charge is -2.28. The molecule has 36 heavy (non-hydrogen) atoms. The molecule has 1 aliphatic heterocycles. The van der Waals surface area contributed by atoms with Crippen LogP contribution >= 0.6 is 35.4 Å². The number of rotatable bonds is 6. The first-order chi connectivity index (χ1) is 17.4. The minimum Gasteiger partial charge on any atom is -0.497 e. The Balaban J connectivity index is 1.61. The first-order valence-corrected chi connectivity index (χ1v) is 12.8. The average Bonchev–Trinajstić information content (AvgIpc) is 3.35. The second kappa shape index (κ2) is 10.1. The lowest BCUT2D eigenvalue weighted by atomic mass is 9.96. The minimum atomic E-state index is -0.105. The Labute approximate surface area is 226 Å². The summed E-state index contributed by atoms with van der Waals surface area (Å²) in [6.45, 7) is 4.86. The van der Waals surface area contributed by atoms with Gasteiger partial charge in [-0.25, -0.2) is 0 Å². The van der Waals surface area contributed by atoms with E-state index in [0.29, 0.717) is 21.7 Å². The van der Waals surface area contributed by atoms with Gasteiger partial charge >= 0.3 is 0 Å². The van der Waals surface area contributed by atoms with Crippen molar-refractivity contribution in [1.82, 2.24) is 19.8 Å². The molecule has 0 aliphatic carbocycles. The molecule has 0 radical (unpaired) electrons. The van der Waals surface area contributed by atoms with Crippen molar-refractivity contribution in [3.63, 3.8) is 0 Å². The molecule has 4 aromatic rings. The standard InChI is InChI=1S/C28H26Cl2N4OS/c1-17-14-22(18(2)34(17)25-12-9-20(29)15-23(25)30)27-26(24-6-4-5-13-31-24)32-28(36)33(27)16-19-7-10-21(35-3)11-8-19/h4-15,26-27H,16H2,1-3H3,(H,32,36)/t26-,27-/m1/s1. The molecule has 0 unspecified atom stereocenters. The van der Waals surface area contributed by atoms with Crippen LogP contribution in [0.15, 0.2) is 72.9 Å². The van der Waals surface area contributed by atoms with E-state index in [2.05, 4.69) is 51.8 Å². The van der Waals surface area contributed by atoms with Crippen molar-refractivity contribution in [2.75, 3.05) is 7.11 Å². The highest BCUT2D eigenvalue weighted by Gasteiger charge is 2.41. The van der Waals surface area contributed by atoms with Crippen LogP contribution < -0.4 is 10.1 Å². The third-order valence-corrected chi connectivity index (χ3v) is 7.54. The van der Waals surface area contributed by atoms with Crippen LogP contribution in [-0.4, -0.2) is 26.7 Å². The van der Waals surface area contributed by atoms with Gasteiger partial charge in [0.1, 0.15) is 5.75 Å². The van der Waals surface area contributed by atoms with Crippen molar-refractivity contribution >= 4 is 40.5 Å². The van der Waals surface area contributed by atoms with Crippen molar-refractivity contribution in [1.29, 1.82) is 0 Å². The van der Waals surface area contributed by atoms with Crippen molar-refractivity contribution in [3.8, 4) is 11.4 Å². The lowest BCUT2D eigenvalue weighted by Crippen LogP contribution is -2.29. The van der Waals surface area contributed by atoms with E-state index in [4.69, 9.17) is 40.2 Å². The number of aromatic nitrogens is 2. The molecule has 3 heterocycles. The molecule has 8 heteroatoms. The van der Waals surface area contributed by atoms with Crippen LogP contribution in [-0.2, 0) is 6.54 Å². The molecule has 1 saturated heterocycles. The lowest BCUT2D eigenvalue weighted by molar-refractivity contribution is 0.310. The van der Waals surface area contributed by atoms with Gasteiger partial charge in [0.15, 0.2) is 5.11 Å². The van der Waals surface area contributed by atoms with Gasteiger partial charge in [-0.05, 0) is 85.7 Å². The quantitative estimate of drug-likeness (QED) is 0.269. The van der Waals surface area contributed by atoms with Crippen molar-refractivity contribution < 1.29 is 4.74 Å². The first-order valence-electron chi connectivity index (χ1n) is 11.6. The SMILES string of the molecule is COc1ccc(CN2C(=S)N[C@H](c3ccccn3)[C@H]2c2cc(C)n(-c3ccc(Cl)cc3Cl)c2C)cc1. The Kier molecular flexibility index (Phi) is 6.93. The van der Waals surface area contributed by atoms with Crippen molar-refractivity contribution in [2.45, 2.75) is 32.5 Å². The van der Waals surface area contributed by atoms with E-state index < -0.39 is 0 Å². The van der Waals surface area contributed by atoms with E-state index in [9.17, 15) is 0 Å². The fraction of sp³-hybridized carbons (Fsp3) is 0.214. The van der Waals surface area contributed by atoms with E-state index in [-0.39, 0.29) is 12.1 Å². The smallest absolute Gasteiger partial charge is 0.170 e. The summed E-state index contributed by atoms with van der Waals surface area (Å²) in [4.78, 5) is 6.91. The fourth-order valence-electron chi connectivity index (χ4n) is 4.96. The normalized spacial score (nSPS) is 17.4. The molecule has 1 aliphatic rings. The molecule has 1 N–H and O–H groups in total. The number of thiocarbonyl (C=S) groups is 1. The summed E-state index contributed by atoms with van der Waals surface area (Å²) in [5.74, 6) is 0.826. The molecule has 0 saturated carbocycles. The van der Waals surface area contributed by atoms with Crippen molar-refractivity contribution in [2.24, 2.45) is 0 Å². The molecule has 0 bridgehead atoms.